The van der Waals surface area contributed by atoms with Crippen LogP contribution in [0.15, 0.2) is 5.16 Å². The van der Waals surface area contributed by atoms with Crippen LogP contribution in [0.5, 0.6) is 0 Å². The van der Waals surface area contributed by atoms with Gasteiger partial charge in [0, 0.05) is 15.7 Å². The summed E-state index contributed by atoms with van der Waals surface area (Å²) in [6.07, 6.45) is 7.04. The lowest BCUT2D eigenvalue weighted by Crippen LogP contribution is -2.14. The third-order valence-corrected chi connectivity index (χ3v) is 9.11. The third kappa shape index (κ3) is 3.44. The lowest BCUT2D eigenvalue weighted by molar-refractivity contribution is -0.113. The van der Waals surface area contributed by atoms with Gasteiger partial charge in [-0.2, -0.15) is 0 Å². The molecule has 4 heterocycles. The van der Waals surface area contributed by atoms with Crippen LogP contribution in [-0.4, -0.2) is 36.2 Å². The molecule has 0 unspecified atom stereocenters. The van der Waals surface area contributed by atoms with Crippen LogP contribution in [0.25, 0.3) is 15.9 Å². The Morgan fingerprint density at radius 1 is 1.16 bits per heavy atom. The highest BCUT2D eigenvalue weighted by atomic mass is 32.2. The van der Waals surface area contributed by atoms with E-state index in [9.17, 15) is 4.79 Å². The summed E-state index contributed by atoms with van der Waals surface area (Å²) in [4.78, 5) is 25.7. The first-order chi connectivity index (χ1) is 15.1. The van der Waals surface area contributed by atoms with Crippen molar-refractivity contribution < 1.29 is 4.79 Å². The maximum Gasteiger partial charge on any atom is 0.236 e. The van der Waals surface area contributed by atoms with Crippen molar-refractivity contribution in [2.24, 2.45) is 0 Å². The number of hydrogen-bond donors (Lipinski definition) is 1. The van der Waals surface area contributed by atoms with Gasteiger partial charge in [0.1, 0.15) is 10.7 Å². The number of nitrogens with zero attached hydrogens (tertiary/aromatic N) is 5. The fraction of sp³-hybridized carbons (Fsp3) is 0.476. The molecule has 1 fully saturated rings. The zero-order chi connectivity index (χ0) is 21.1. The second-order valence-electron chi connectivity index (χ2n) is 8.27. The highest BCUT2D eigenvalue weighted by Crippen LogP contribution is 2.44. The largest absolute Gasteiger partial charge is 0.301 e. The number of anilines is 1. The van der Waals surface area contributed by atoms with E-state index in [0.717, 1.165) is 57.7 Å². The Kier molecular flexibility index (Phi) is 4.77. The molecule has 0 bridgehead atoms. The van der Waals surface area contributed by atoms with E-state index >= 15 is 0 Å². The van der Waals surface area contributed by atoms with Crippen LogP contribution in [0.1, 0.15) is 58.4 Å². The number of thiophene rings is 1. The van der Waals surface area contributed by atoms with Gasteiger partial charge in [-0.1, -0.05) is 11.8 Å². The molecule has 0 atom stereocenters. The van der Waals surface area contributed by atoms with Crippen molar-refractivity contribution in [2.75, 3.05) is 11.1 Å². The zero-order valence-electron chi connectivity index (χ0n) is 17.4. The number of nitrogens with one attached hydrogen (secondary N) is 1. The predicted octanol–water partition coefficient (Wildman–Crippen LogP) is 4.90. The summed E-state index contributed by atoms with van der Waals surface area (Å²) >= 11 is 4.76. The Labute approximate surface area is 191 Å². The highest BCUT2D eigenvalue weighted by molar-refractivity contribution is 7.99. The number of aromatic nitrogens is 5. The van der Waals surface area contributed by atoms with E-state index in [1.54, 1.807) is 0 Å². The summed E-state index contributed by atoms with van der Waals surface area (Å²) in [6.45, 7) is 3.96. The van der Waals surface area contributed by atoms with Crippen molar-refractivity contribution in [3.05, 3.63) is 26.8 Å². The van der Waals surface area contributed by atoms with Gasteiger partial charge in [-0.3, -0.25) is 9.20 Å². The molecule has 2 aliphatic carbocycles. The molecular weight excluding hydrogens is 448 g/mol. The molecule has 31 heavy (non-hydrogen) atoms. The van der Waals surface area contributed by atoms with Crippen molar-refractivity contribution in [1.82, 2.24) is 24.6 Å². The van der Waals surface area contributed by atoms with Gasteiger partial charge < -0.3 is 5.32 Å². The molecule has 4 aromatic rings. The molecule has 10 heteroatoms. The van der Waals surface area contributed by atoms with E-state index in [2.05, 4.69) is 24.9 Å². The molecular formula is C21H22N6OS3. The number of rotatable bonds is 5. The maximum absolute atomic E-state index is 12.5. The minimum absolute atomic E-state index is 0.0783. The second-order valence-corrected chi connectivity index (χ2v) is 11.5. The highest BCUT2D eigenvalue weighted by Gasteiger charge is 2.32. The number of thioether (sulfide) groups is 1. The fourth-order valence-electron chi connectivity index (χ4n) is 4.17. The molecule has 4 aromatic heterocycles. The fourth-order valence-corrected chi connectivity index (χ4v) is 7.01. The van der Waals surface area contributed by atoms with Crippen molar-refractivity contribution in [1.29, 1.82) is 0 Å². The number of thiazole rings is 1. The minimum atomic E-state index is -0.0783. The van der Waals surface area contributed by atoms with Crippen molar-refractivity contribution >= 4 is 61.3 Å². The van der Waals surface area contributed by atoms with Gasteiger partial charge in [-0.25, -0.2) is 9.97 Å². The minimum Gasteiger partial charge on any atom is -0.301 e. The van der Waals surface area contributed by atoms with Gasteiger partial charge in [0.25, 0.3) is 0 Å². The van der Waals surface area contributed by atoms with Crippen LogP contribution in [-0.2, 0) is 17.6 Å². The molecule has 160 valence electrons. The van der Waals surface area contributed by atoms with E-state index in [1.807, 2.05) is 25.2 Å². The first-order valence-corrected chi connectivity index (χ1v) is 13.3. The van der Waals surface area contributed by atoms with Crippen LogP contribution in [0.2, 0.25) is 0 Å². The monoisotopic (exact) mass is 470 g/mol. The normalized spacial score (nSPS) is 16.2. The average molecular weight is 471 g/mol. The standard InChI is InChI=1S/C21H22N6OS3/c1-10-11(2)30-20(22-10)23-15(28)9-29-21-26-25-18-16-13-5-3-4-6-14(13)31-19(16)24-17(27(18)21)12-7-8-12/h12H,3-9H2,1-2H3,(H,22,23,28). The van der Waals surface area contributed by atoms with E-state index in [4.69, 9.17) is 4.98 Å². The summed E-state index contributed by atoms with van der Waals surface area (Å²) < 4.78 is 2.12. The Morgan fingerprint density at radius 2 is 2.00 bits per heavy atom. The third-order valence-electron chi connectivity index (χ3n) is 6.00. The summed E-state index contributed by atoms with van der Waals surface area (Å²) in [5, 5.41) is 14.6. The summed E-state index contributed by atoms with van der Waals surface area (Å²) in [7, 11) is 0. The Bertz CT molecular complexity index is 1310. The van der Waals surface area contributed by atoms with Crippen LogP contribution < -0.4 is 5.32 Å². The van der Waals surface area contributed by atoms with E-state index in [0.29, 0.717) is 11.0 Å². The molecule has 0 radical (unpaired) electrons. The average Bonchev–Trinajstić information content (AvgIpc) is 3.29. The van der Waals surface area contributed by atoms with Crippen LogP contribution in [0.3, 0.4) is 0 Å². The van der Waals surface area contributed by atoms with Gasteiger partial charge in [0.15, 0.2) is 15.9 Å². The van der Waals surface area contributed by atoms with Gasteiger partial charge in [-0.15, -0.1) is 32.9 Å². The van der Waals surface area contributed by atoms with Crippen molar-refractivity contribution in [3.63, 3.8) is 0 Å². The van der Waals surface area contributed by atoms with Crippen LogP contribution in [0.4, 0.5) is 5.13 Å². The smallest absolute Gasteiger partial charge is 0.236 e. The molecule has 0 aromatic carbocycles. The second kappa shape index (κ2) is 7.53. The number of amides is 1. The Hall–Kier alpha value is -2.04. The van der Waals surface area contributed by atoms with Crippen LogP contribution in [0, 0.1) is 13.8 Å². The summed E-state index contributed by atoms with van der Waals surface area (Å²) in [5.41, 5.74) is 3.29. The molecule has 1 saturated carbocycles. The van der Waals surface area contributed by atoms with Gasteiger partial charge in [0.05, 0.1) is 16.8 Å². The number of fused-ring (bicyclic) bond motifs is 5. The molecule has 6 rings (SSSR count). The molecule has 1 amide bonds. The predicted molar refractivity (Wildman–Crippen MR) is 126 cm³/mol. The first kappa shape index (κ1) is 19.6. The zero-order valence-corrected chi connectivity index (χ0v) is 19.8. The van der Waals surface area contributed by atoms with Gasteiger partial charge in [-0.05, 0) is 57.9 Å². The van der Waals surface area contributed by atoms with Gasteiger partial charge >= 0.3 is 0 Å². The van der Waals surface area contributed by atoms with E-state index in [-0.39, 0.29) is 11.7 Å². The van der Waals surface area contributed by atoms with E-state index < -0.39 is 0 Å². The molecule has 7 nitrogen and oxygen atoms in total. The summed E-state index contributed by atoms with van der Waals surface area (Å²) in [6, 6.07) is 0. The molecule has 0 spiro atoms. The molecule has 0 aliphatic heterocycles. The molecule has 1 N–H and O–H groups in total. The topological polar surface area (TPSA) is 85.1 Å². The number of aryl methyl sites for hydroxylation is 4. The van der Waals surface area contributed by atoms with Crippen molar-refractivity contribution in [2.45, 2.75) is 63.4 Å². The lowest BCUT2D eigenvalue weighted by Gasteiger charge is -2.11. The lowest BCUT2D eigenvalue weighted by atomic mass is 9.97. The van der Waals surface area contributed by atoms with Gasteiger partial charge in [0.2, 0.25) is 5.91 Å². The van der Waals surface area contributed by atoms with E-state index in [1.165, 1.54) is 51.8 Å². The van der Waals surface area contributed by atoms with Crippen LogP contribution >= 0.6 is 34.4 Å². The van der Waals surface area contributed by atoms with Crippen molar-refractivity contribution in [3.8, 4) is 0 Å². The Balaban J connectivity index is 1.34. The maximum atomic E-state index is 12.5. The summed E-state index contributed by atoms with van der Waals surface area (Å²) in [5.74, 6) is 1.71. The number of carbonyl (C=O) groups excluding carboxylic acids is 1. The number of carbonyl (C=O) groups is 1. The quantitative estimate of drug-likeness (QED) is 0.418. The molecule has 2 aliphatic rings. The Morgan fingerprint density at radius 3 is 2.77 bits per heavy atom. The number of hydrogen-bond acceptors (Lipinski definition) is 8. The SMILES string of the molecule is Cc1nc(NC(=O)CSc2nnc3c4c5c(sc4nc(C4CC4)n23)CCCC5)sc1C. The molecule has 0 saturated heterocycles. The first-order valence-electron chi connectivity index (χ1n) is 10.6.